The van der Waals surface area contributed by atoms with Gasteiger partial charge in [-0.05, 0) is 12.8 Å². The lowest BCUT2D eigenvalue weighted by atomic mass is 9.99. The molecule has 1 saturated heterocycles. The molecule has 1 heterocycles. The molecule has 0 spiro atoms. The van der Waals surface area contributed by atoms with E-state index in [0.717, 1.165) is 19.3 Å². The van der Waals surface area contributed by atoms with Gasteiger partial charge >= 0.3 is 0 Å². The molecule has 1 fully saturated rings. The molecule has 0 bridgehead atoms. The van der Waals surface area contributed by atoms with Crippen LogP contribution in [0.5, 0.6) is 0 Å². The Morgan fingerprint density at radius 2 is 1.56 bits per heavy atom. The van der Waals surface area contributed by atoms with E-state index in [0.29, 0.717) is 0 Å². The summed E-state index contributed by atoms with van der Waals surface area (Å²) in [7, 11) is -5.25. The van der Waals surface area contributed by atoms with E-state index in [4.69, 9.17) is 15.2 Å². The highest BCUT2D eigenvalue weighted by Crippen LogP contribution is 2.25. The van der Waals surface area contributed by atoms with Crippen molar-refractivity contribution >= 4 is 10.4 Å². The van der Waals surface area contributed by atoms with Gasteiger partial charge in [-0.15, -0.1) is 0 Å². The number of aliphatic hydroxyl groups is 4. The highest BCUT2D eigenvalue weighted by molar-refractivity contribution is 7.80. The molecule has 36 heavy (non-hydrogen) atoms. The van der Waals surface area contributed by atoms with E-state index in [1.807, 2.05) is 6.08 Å². The smallest absolute Gasteiger partial charge is 0.218 e. The van der Waals surface area contributed by atoms with Crippen molar-refractivity contribution in [3.63, 3.8) is 0 Å². The molecule has 1 aliphatic rings. The third-order valence-electron chi connectivity index (χ3n) is 6.25. The summed E-state index contributed by atoms with van der Waals surface area (Å²) in [6.07, 6.45) is 8.57. The third kappa shape index (κ3) is 13.8. The highest BCUT2D eigenvalue weighted by atomic mass is 32.3. The number of unbranched alkanes of at least 4 members (excludes halogenated alkanes) is 11. The first-order valence-electron chi connectivity index (χ1n) is 13.1. The van der Waals surface area contributed by atoms with Crippen LogP contribution in [0.3, 0.4) is 0 Å². The number of hydrogen-bond donors (Lipinski definition) is 5. The topological polar surface area (TPSA) is 192 Å². The molecule has 7 atom stereocenters. The summed E-state index contributed by atoms with van der Waals surface area (Å²) in [6.45, 7) is 1.18. The summed E-state index contributed by atoms with van der Waals surface area (Å²) >= 11 is 0. The lowest BCUT2D eigenvalue weighted by molar-refractivity contribution is -0.298. The van der Waals surface area contributed by atoms with Crippen molar-refractivity contribution in [3.05, 3.63) is 12.2 Å². The van der Waals surface area contributed by atoms with Gasteiger partial charge in [-0.2, -0.15) is 0 Å². The molecule has 1 aliphatic heterocycles. The maximum absolute atomic E-state index is 10.9. The van der Waals surface area contributed by atoms with Crippen LogP contribution < -0.4 is 5.73 Å². The summed E-state index contributed by atoms with van der Waals surface area (Å²) in [6, 6.07) is -0.892. The molecule has 0 aliphatic carbocycles. The van der Waals surface area contributed by atoms with Gasteiger partial charge in [-0.3, -0.25) is 4.18 Å². The molecule has 0 aromatic heterocycles. The average Bonchev–Trinajstić information content (AvgIpc) is 2.83. The van der Waals surface area contributed by atoms with E-state index in [1.165, 1.54) is 57.8 Å². The van der Waals surface area contributed by atoms with Crippen LogP contribution in [0.1, 0.15) is 84.0 Å². The van der Waals surface area contributed by atoms with Gasteiger partial charge in [0.15, 0.2) is 6.29 Å². The van der Waals surface area contributed by atoms with Crippen molar-refractivity contribution in [2.75, 3.05) is 13.2 Å². The fraction of sp³-hybridized carbons (Fsp3) is 0.917. The average molecular weight is 541 g/mol. The lowest BCUT2D eigenvalue weighted by Crippen LogP contribution is -2.61. The molecule has 0 aromatic carbocycles. The molecule has 6 N–H and O–H groups in total. The molecule has 0 saturated carbocycles. The Balaban J connectivity index is 2.28. The van der Waals surface area contributed by atoms with Gasteiger partial charge in [-0.25, -0.2) is 8.42 Å². The van der Waals surface area contributed by atoms with Crippen LogP contribution in [0, 0.1) is 0 Å². The van der Waals surface area contributed by atoms with Gasteiger partial charge in [0.25, 0.3) is 0 Å². The maximum atomic E-state index is 10.9. The predicted molar refractivity (Wildman–Crippen MR) is 132 cm³/mol. The number of allylic oxidation sites excluding steroid dienone is 1. The first kappa shape index (κ1) is 33.4. The summed E-state index contributed by atoms with van der Waals surface area (Å²) in [5.41, 5.74) is 5.92. The van der Waals surface area contributed by atoms with Crippen molar-refractivity contribution in [2.45, 2.75) is 127 Å². The van der Waals surface area contributed by atoms with E-state index in [2.05, 4.69) is 11.1 Å². The molecule has 0 amide bonds. The predicted octanol–water partition coefficient (Wildman–Crippen LogP) is 1.23. The van der Waals surface area contributed by atoms with Crippen molar-refractivity contribution < 1.29 is 47.1 Å². The number of hydrogen-bond acceptors (Lipinski definition) is 11. The third-order valence-corrected chi connectivity index (χ3v) is 6.71. The molecular formula is C24H46NO10S-. The fourth-order valence-electron chi connectivity index (χ4n) is 4.05. The van der Waals surface area contributed by atoms with Gasteiger partial charge in [-0.1, -0.05) is 83.3 Å². The minimum absolute atomic E-state index is 0.295. The van der Waals surface area contributed by atoms with Crippen molar-refractivity contribution in [2.24, 2.45) is 5.73 Å². The first-order chi connectivity index (χ1) is 17.1. The van der Waals surface area contributed by atoms with E-state index >= 15 is 0 Å². The summed E-state index contributed by atoms with van der Waals surface area (Å²) < 4.78 is 47.5. The van der Waals surface area contributed by atoms with E-state index < -0.39 is 59.9 Å². The van der Waals surface area contributed by atoms with Crippen LogP contribution in [0.4, 0.5) is 0 Å². The minimum Gasteiger partial charge on any atom is -0.726 e. The van der Waals surface area contributed by atoms with Gasteiger partial charge in [0.2, 0.25) is 10.4 Å². The first-order valence-corrected chi connectivity index (χ1v) is 14.4. The maximum Gasteiger partial charge on any atom is 0.218 e. The molecule has 0 unspecified atom stereocenters. The van der Waals surface area contributed by atoms with Gasteiger partial charge in [0.1, 0.15) is 24.4 Å². The van der Waals surface area contributed by atoms with Gasteiger partial charge in [0.05, 0.1) is 25.4 Å². The Labute approximate surface area is 215 Å². The standard InChI is InChI=1S/C24H47NO10S/c1-2-3-4-5-6-7-8-9-10-11-12-13-14-15-19(27)18(25)17-33-24-22(29)23(35-36(30,31)32)21(28)20(16-26)34-24/h14-15,18-24,26-29H,2-13,16-17,25H2,1H3,(H,30,31,32)/p-1/b15-14+/t18-,19+,20+,21-,22+,23-,24+/m0/s1. The molecule has 0 aromatic rings. The van der Waals surface area contributed by atoms with Crippen LogP contribution >= 0.6 is 0 Å². The Morgan fingerprint density at radius 3 is 2.08 bits per heavy atom. The van der Waals surface area contributed by atoms with Crippen molar-refractivity contribution in [1.29, 1.82) is 0 Å². The van der Waals surface area contributed by atoms with Gasteiger partial charge in [0, 0.05) is 0 Å². The highest BCUT2D eigenvalue weighted by Gasteiger charge is 2.47. The second-order valence-electron chi connectivity index (χ2n) is 9.42. The SMILES string of the molecule is CCCCCCCCCCCCC/C=C/[C@@H](O)[C@@H](N)CO[C@@H]1O[C@H](CO)[C@H](O)[C@H](OS(=O)(=O)[O-])[C@H]1O. The molecule has 1 rings (SSSR count). The molecular weight excluding hydrogens is 494 g/mol. The minimum atomic E-state index is -5.25. The zero-order valence-electron chi connectivity index (χ0n) is 21.3. The number of ether oxygens (including phenoxy) is 2. The Hall–Kier alpha value is -0.670. The number of aliphatic hydroxyl groups excluding tert-OH is 4. The van der Waals surface area contributed by atoms with E-state index in [1.54, 1.807) is 6.08 Å². The summed E-state index contributed by atoms with van der Waals surface area (Å²) in [5, 5.41) is 39.7. The Bertz CT molecular complexity index is 692. The molecule has 0 radical (unpaired) electrons. The lowest BCUT2D eigenvalue weighted by Gasteiger charge is -2.41. The largest absolute Gasteiger partial charge is 0.726 e. The monoisotopic (exact) mass is 540 g/mol. The van der Waals surface area contributed by atoms with Gasteiger partial charge < -0.3 is 40.2 Å². The zero-order valence-corrected chi connectivity index (χ0v) is 22.1. The normalized spacial score (nSPS) is 26.9. The second kappa shape index (κ2) is 18.6. The van der Waals surface area contributed by atoms with E-state index in [-0.39, 0.29) is 6.61 Å². The Morgan fingerprint density at radius 1 is 1.00 bits per heavy atom. The van der Waals surface area contributed by atoms with Crippen LogP contribution in [0.2, 0.25) is 0 Å². The van der Waals surface area contributed by atoms with E-state index in [9.17, 15) is 33.4 Å². The Kier molecular flexibility index (Phi) is 17.2. The zero-order chi connectivity index (χ0) is 27.0. The number of rotatable bonds is 20. The van der Waals surface area contributed by atoms with Crippen LogP contribution in [0.15, 0.2) is 12.2 Å². The molecule has 214 valence electrons. The van der Waals surface area contributed by atoms with Crippen LogP contribution in [-0.4, -0.2) is 89.5 Å². The van der Waals surface area contributed by atoms with Crippen molar-refractivity contribution in [1.82, 2.24) is 0 Å². The molecule has 11 nitrogen and oxygen atoms in total. The molecule has 12 heteroatoms. The second-order valence-corrected chi connectivity index (χ2v) is 10.4. The van der Waals surface area contributed by atoms with Crippen LogP contribution in [0.25, 0.3) is 0 Å². The summed E-state index contributed by atoms with van der Waals surface area (Å²) in [4.78, 5) is 0. The number of nitrogens with two attached hydrogens (primary N) is 1. The van der Waals surface area contributed by atoms with Crippen LogP contribution in [-0.2, 0) is 24.1 Å². The van der Waals surface area contributed by atoms with Crippen molar-refractivity contribution in [3.8, 4) is 0 Å². The fourth-order valence-corrected chi connectivity index (χ4v) is 4.55. The summed E-state index contributed by atoms with van der Waals surface area (Å²) in [5.74, 6) is 0. The quantitative estimate of drug-likeness (QED) is 0.0645.